The molecule has 0 radical (unpaired) electrons. The van der Waals surface area contributed by atoms with Gasteiger partial charge in [-0.25, -0.2) is 14.1 Å². The SMILES string of the molecule is C[C@@H](c1ccc(-n2cc(F)cn2)nc1)N(C)C. The van der Waals surface area contributed by atoms with Crippen molar-refractivity contribution < 1.29 is 4.39 Å². The Labute approximate surface area is 99.7 Å². The third kappa shape index (κ3) is 2.50. The molecule has 2 heterocycles. The number of hydrogen-bond acceptors (Lipinski definition) is 3. The van der Waals surface area contributed by atoms with E-state index in [1.165, 1.54) is 10.9 Å². The maximum Gasteiger partial charge on any atom is 0.161 e. The van der Waals surface area contributed by atoms with E-state index in [9.17, 15) is 4.39 Å². The van der Waals surface area contributed by atoms with Crippen LogP contribution in [0.15, 0.2) is 30.7 Å². The molecule has 0 fully saturated rings. The van der Waals surface area contributed by atoms with Crippen LogP contribution in [0.1, 0.15) is 18.5 Å². The summed E-state index contributed by atoms with van der Waals surface area (Å²) in [5, 5.41) is 3.86. The number of rotatable bonds is 3. The van der Waals surface area contributed by atoms with E-state index in [1.807, 2.05) is 26.2 Å². The maximum absolute atomic E-state index is 12.8. The predicted molar refractivity (Wildman–Crippen MR) is 63.4 cm³/mol. The average molecular weight is 234 g/mol. The minimum absolute atomic E-state index is 0.297. The van der Waals surface area contributed by atoms with E-state index in [4.69, 9.17) is 0 Å². The van der Waals surface area contributed by atoms with Crippen molar-refractivity contribution in [2.24, 2.45) is 0 Å². The Bertz CT molecular complexity index is 489. The molecule has 0 unspecified atom stereocenters. The first kappa shape index (κ1) is 11.7. The highest BCUT2D eigenvalue weighted by Gasteiger charge is 2.08. The average Bonchev–Trinajstić information content (AvgIpc) is 2.75. The molecule has 5 heteroatoms. The molecule has 0 amide bonds. The van der Waals surface area contributed by atoms with Crippen LogP contribution < -0.4 is 0 Å². The first-order valence-corrected chi connectivity index (χ1v) is 5.41. The Hall–Kier alpha value is -1.75. The predicted octanol–water partition coefficient (Wildman–Crippen LogP) is 2.03. The molecule has 2 aromatic heterocycles. The van der Waals surface area contributed by atoms with E-state index < -0.39 is 0 Å². The second-order valence-corrected chi connectivity index (χ2v) is 4.19. The van der Waals surface area contributed by atoms with Crippen molar-refractivity contribution in [2.45, 2.75) is 13.0 Å². The second-order valence-electron chi connectivity index (χ2n) is 4.19. The molecular weight excluding hydrogens is 219 g/mol. The second kappa shape index (κ2) is 4.63. The molecule has 17 heavy (non-hydrogen) atoms. The standard InChI is InChI=1S/C12H15FN4/c1-9(16(2)3)10-4-5-12(14-6-10)17-8-11(13)7-15-17/h4-9H,1-3H3/t9-/m0/s1. The van der Waals surface area contributed by atoms with Crippen LogP contribution in [0, 0.1) is 5.82 Å². The summed E-state index contributed by atoms with van der Waals surface area (Å²) in [5.41, 5.74) is 1.12. The lowest BCUT2D eigenvalue weighted by molar-refractivity contribution is 0.320. The highest BCUT2D eigenvalue weighted by molar-refractivity contribution is 5.26. The highest BCUT2D eigenvalue weighted by Crippen LogP contribution is 2.17. The molecule has 0 saturated heterocycles. The number of aromatic nitrogens is 3. The molecule has 0 aliphatic heterocycles. The lowest BCUT2D eigenvalue weighted by Gasteiger charge is -2.19. The van der Waals surface area contributed by atoms with Crippen molar-refractivity contribution in [3.63, 3.8) is 0 Å². The number of hydrogen-bond donors (Lipinski definition) is 0. The van der Waals surface area contributed by atoms with Crippen LogP contribution in [0.5, 0.6) is 0 Å². The van der Waals surface area contributed by atoms with Crippen LogP contribution in [-0.2, 0) is 0 Å². The third-order valence-electron chi connectivity index (χ3n) is 2.81. The first-order chi connectivity index (χ1) is 8.08. The Morgan fingerprint density at radius 3 is 2.53 bits per heavy atom. The van der Waals surface area contributed by atoms with Gasteiger partial charge >= 0.3 is 0 Å². The molecule has 0 aliphatic carbocycles. The monoisotopic (exact) mass is 234 g/mol. The van der Waals surface area contributed by atoms with Crippen LogP contribution in [0.4, 0.5) is 4.39 Å². The van der Waals surface area contributed by atoms with Crippen LogP contribution >= 0.6 is 0 Å². The van der Waals surface area contributed by atoms with Gasteiger partial charge in [0.1, 0.15) is 0 Å². The van der Waals surface area contributed by atoms with Crippen molar-refractivity contribution in [3.05, 3.63) is 42.1 Å². The van der Waals surface area contributed by atoms with Gasteiger partial charge in [-0.15, -0.1) is 0 Å². The van der Waals surface area contributed by atoms with Gasteiger partial charge in [0, 0.05) is 12.2 Å². The molecule has 0 saturated carbocycles. The normalized spacial score (nSPS) is 13.0. The number of pyridine rings is 1. The molecule has 2 rings (SSSR count). The van der Waals surface area contributed by atoms with Crippen LogP contribution in [0.2, 0.25) is 0 Å². The number of halogens is 1. The largest absolute Gasteiger partial charge is 0.303 e. The summed E-state index contributed by atoms with van der Waals surface area (Å²) < 4.78 is 14.2. The lowest BCUT2D eigenvalue weighted by Crippen LogP contribution is -2.17. The van der Waals surface area contributed by atoms with E-state index in [-0.39, 0.29) is 5.82 Å². The summed E-state index contributed by atoms with van der Waals surface area (Å²) in [6.45, 7) is 2.10. The zero-order chi connectivity index (χ0) is 12.4. The van der Waals surface area contributed by atoms with Crippen LogP contribution in [0.25, 0.3) is 5.82 Å². The summed E-state index contributed by atoms with van der Waals surface area (Å²) in [6, 6.07) is 4.11. The summed E-state index contributed by atoms with van der Waals surface area (Å²) in [5.74, 6) is 0.251. The van der Waals surface area contributed by atoms with Gasteiger partial charge in [0.2, 0.25) is 0 Å². The van der Waals surface area contributed by atoms with Crippen LogP contribution in [-0.4, -0.2) is 33.8 Å². The van der Waals surface area contributed by atoms with Gasteiger partial charge in [-0.1, -0.05) is 6.07 Å². The van der Waals surface area contributed by atoms with Gasteiger partial charge in [0.15, 0.2) is 11.6 Å². The zero-order valence-electron chi connectivity index (χ0n) is 10.1. The Balaban J connectivity index is 2.24. The smallest absolute Gasteiger partial charge is 0.161 e. The molecule has 1 atom stereocenters. The maximum atomic E-state index is 12.8. The van der Waals surface area contributed by atoms with E-state index in [2.05, 4.69) is 21.9 Å². The molecule has 0 N–H and O–H groups in total. The Morgan fingerprint density at radius 1 is 1.29 bits per heavy atom. The van der Waals surface area contributed by atoms with Crippen molar-refractivity contribution in [1.82, 2.24) is 19.7 Å². The molecule has 0 aliphatic rings. The minimum Gasteiger partial charge on any atom is -0.303 e. The topological polar surface area (TPSA) is 34.0 Å². The van der Waals surface area contributed by atoms with Crippen molar-refractivity contribution in [1.29, 1.82) is 0 Å². The summed E-state index contributed by atoms with van der Waals surface area (Å²) in [7, 11) is 4.03. The molecule has 2 aromatic rings. The lowest BCUT2D eigenvalue weighted by atomic mass is 10.1. The van der Waals surface area contributed by atoms with Crippen molar-refractivity contribution >= 4 is 0 Å². The minimum atomic E-state index is -0.363. The summed E-state index contributed by atoms with van der Waals surface area (Å²) in [4.78, 5) is 6.37. The highest BCUT2D eigenvalue weighted by atomic mass is 19.1. The van der Waals surface area contributed by atoms with E-state index in [1.54, 1.807) is 6.20 Å². The van der Waals surface area contributed by atoms with E-state index in [0.717, 1.165) is 11.8 Å². The fourth-order valence-corrected chi connectivity index (χ4v) is 1.50. The number of nitrogens with zero attached hydrogens (tertiary/aromatic N) is 4. The molecular formula is C12H15FN4. The fourth-order valence-electron chi connectivity index (χ4n) is 1.50. The summed E-state index contributed by atoms with van der Waals surface area (Å²) in [6.07, 6.45) is 4.26. The first-order valence-electron chi connectivity index (χ1n) is 5.41. The van der Waals surface area contributed by atoms with Gasteiger partial charge in [-0.3, -0.25) is 0 Å². The van der Waals surface area contributed by atoms with Crippen molar-refractivity contribution in [3.8, 4) is 5.82 Å². The van der Waals surface area contributed by atoms with Gasteiger partial charge in [0.05, 0.1) is 12.4 Å². The molecule has 0 bridgehead atoms. The Kier molecular flexibility index (Phi) is 3.19. The van der Waals surface area contributed by atoms with Gasteiger partial charge in [-0.05, 0) is 32.6 Å². The third-order valence-corrected chi connectivity index (χ3v) is 2.81. The molecule has 90 valence electrons. The molecule has 0 aromatic carbocycles. The van der Waals surface area contributed by atoms with Gasteiger partial charge in [0.25, 0.3) is 0 Å². The fraction of sp³-hybridized carbons (Fsp3) is 0.333. The van der Waals surface area contributed by atoms with Gasteiger partial charge < -0.3 is 4.90 Å². The molecule has 4 nitrogen and oxygen atoms in total. The summed E-state index contributed by atoms with van der Waals surface area (Å²) >= 11 is 0. The quantitative estimate of drug-likeness (QED) is 0.814. The van der Waals surface area contributed by atoms with Crippen molar-refractivity contribution in [2.75, 3.05) is 14.1 Å². The van der Waals surface area contributed by atoms with Gasteiger partial charge in [-0.2, -0.15) is 5.10 Å². The van der Waals surface area contributed by atoms with Crippen LogP contribution in [0.3, 0.4) is 0 Å². The zero-order valence-corrected chi connectivity index (χ0v) is 10.1. The Morgan fingerprint density at radius 2 is 2.06 bits per heavy atom. The van der Waals surface area contributed by atoms with E-state index >= 15 is 0 Å². The molecule has 0 spiro atoms. The van der Waals surface area contributed by atoms with E-state index in [0.29, 0.717) is 11.9 Å².